The second-order valence-corrected chi connectivity index (χ2v) is 6.33. The molecule has 23 heavy (non-hydrogen) atoms. The smallest absolute Gasteiger partial charge is 0.131 e. The molecule has 1 saturated carbocycles. The number of rotatable bonds is 3. The Morgan fingerprint density at radius 1 is 1.09 bits per heavy atom. The van der Waals surface area contributed by atoms with E-state index in [9.17, 15) is 9.50 Å². The van der Waals surface area contributed by atoms with Gasteiger partial charge >= 0.3 is 0 Å². The minimum absolute atomic E-state index is 0. The average Bonchev–Trinajstić information content (AvgIpc) is 2.52. The molecule has 2 N–H and O–H groups in total. The van der Waals surface area contributed by atoms with E-state index < -0.39 is 0 Å². The van der Waals surface area contributed by atoms with Crippen LogP contribution in [-0.2, 0) is 0 Å². The number of piperazine rings is 1. The molecule has 1 saturated heterocycles. The molecule has 1 aliphatic heterocycles. The highest BCUT2D eigenvalue weighted by Gasteiger charge is 2.32. The summed E-state index contributed by atoms with van der Waals surface area (Å²) in [5.41, 5.74) is 0.765. The number of nitrogens with one attached hydrogen (secondary N) is 1. The van der Waals surface area contributed by atoms with Crippen molar-refractivity contribution in [2.24, 2.45) is 5.92 Å². The fraction of sp³-hybridized carbons (Fsp3) is 0.647. The Morgan fingerprint density at radius 2 is 1.74 bits per heavy atom. The topological polar surface area (TPSA) is 35.5 Å². The van der Waals surface area contributed by atoms with Crippen LogP contribution >= 0.6 is 24.8 Å². The summed E-state index contributed by atoms with van der Waals surface area (Å²) in [7, 11) is 0. The fourth-order valence-electron chi connectivity index (χ4n) is 3.91. The zero-order chi connectivity index (χ0) is 14.7. The zero-order valence-corrected chi connectivity index (χ0v) is 15.0. The number of phenols is 1. The first kappa shape index (κ1) is 20.5. The summed E-state index contributed by atoms with van der Waals surface area (Å²) in [6, 6.07) is 4.82. The van der Waals surface area contributed by atoms with Gasteiger partial charge in [-0.25, -0.2) is 4.39 Å². The lowest BCUT2D eigenvalue weighted by atomic mass is 9.80. The van der Waals surface area contributed by atoms with Gasteiger partial charge in [0.05, 0.1) is 0 Å². The van der Waals surface area contributed by atoms with Gasteiger partial charge < -0.3 is 10.4 Å². The Balaban J connectivity index is 0.00000132. The Hall–Kier alpha value is -0.550. The van der Waals surface area contributed by atoms with Crippen molar-refractivity contribution >= 4 is 24.8 Å². The maximum atomic E-state index is 14.4. The van der Waals surface area contributed by atoms with Gasteiger partial charge in [-0.2, -0.15) is 0 Å². The molecular formula is C17H27Cl2FN2O. The largest absolute Gasteiger partial charge is 0.508 e. The highest BCUT2D eigenvalue weighted by atomic mass is 35.5. The molecule has 3 rings (SSSR count). The third-order valence-corrected chi connectivity index (χ3v) is 4.94. The molecule has 6 heteroatoms. The average molecular weight is 365 g/mol. The third-order valence-electron chi connectivity index (χ3n) is 4.94. The van der Waals surface area contributed by atoms with Crippen molar-refractivity contribution in [2.45, 2.75) is 38.1 Å². The quantitative estimate of drug-likeness (QED) is 0.853. The van der Waals surface area contributed by atoms with Gasteiger partial charge in [-0.3, -0.25) is 4.90 Å². The minimum atomic E-state index is -0.260. The summed E-state index contributed by atoms with van der Waals surface area (Å²) < 4.78 is 14.4. The molecule has 0 radical (unpaired) electrons. The van der Waals surface area contributed by atoms with Crippen molar-refractivity contribution in [2.75, 3.05) is 26.2 Å². The van der Waals surface area contributed by atoms with Crippen LogP contribution in [0.4, 0.5) is 4.39 Å². The van der Waals surface area contributed by atoms with Gasteiger partial charge in [0, 0.05) is 43.9 Å². The van der Waals surface area contributed by atoms with Crippen LogP contribution in [0, 0.1) is 11.7 Å². The monoisotopic (exact) mass is 364 g/mol. The van der Waals surface area contributed by atoms with Crippen LogP contribution in [0.5, 0.6) is 5.75 Å². The van der Waals surface area contributed by atoms with E-state index in [0.29, 0.717) is 5.92 Å². The van der Waals surface area contributed by atoms with Gasteiger partial charge in [-0.15, -0.1) is 24.8 Å². The van der Waals surface area contributed by atoms with Gasteiger partial charge in [0.2, 0.25) is 0 Å². The molecule has 0 aromatic heterocycles. The Labute approximate surface area is 150 Å². The molecule has 1 atom stereocenters. The van der Waals surface area contributed by atoms with Crippen LogP contribution in [0.25, 0.3) is 0 Å². The maximum absolute atomic E-state index is 14.4. The second kappa shape index (κ2) is 9.67. The van der Waals surface area contributed by atoms with E-state index in [-0.39, 0.29) is 42.4 Å². The predicted molar refractivity (Wildman–Crippen MR) is 96.3 cm³/mol. The molecule has 1 aromatic rings. The molecular weight excluding hydrogens is 338 g/mol. The van der Waals surface area contributed by atoms with Crippen molar-refractivity contribution < 1.29 is 9.50 Å². The number of aromatic hydroxyl groups is 1. The summed E-state index contributed by atoms with van der Waals surface area (Å²) in [6.07, 6.45) is 6.20. The second-order valence-electron chi connectivity index (χ2n) is 6.33. The van der Waals surface area contributed by atoms with E-state index in [4.69, 9.17) is 0 Å². The lowest BCUT2D eigenvalue weighted by Crippen LogP contribution is -2.47. The van der Waals surface area contributed by atoms with Gasteiger partial charge in [0.15, 0.2) is 0 Å². The summed E-state index contributed by atoms with van der Waals surface area (Å²) in [5.74, 6) is 0.291. The predicted octanol–water partition coefficient (Wildman–Crippen LogP) is 3.90. The van der Waals surface area contributed by atoms with E-state index in [1.807, 2.05) is 0 Å². The summed E-state index contributed by atoms with van der Waals surface area (Å²) in [5, 5.41) is 12.8. The number of hydrogen-bond acceptors (Lipinski definition) is 3. The summed E-state index contributed by atoms with van der Waals surface area (Å²) in [6.45, 7) is 3.90. The molecule has 1 heterocycles. The Morgan fingerprint density at radius 3 is 2.35 bits per heavy atom. The zero-order valence-electron chi connectivity index (χ0n) is 13.3. The van der Waals surface area contributed by atoms with Crippen LogP contribution < -0.4 is 5.32 Å². The van der Waals surface area contributed by atoms with Gasteiger partial charge in [-0.05, 0) is 24.8 Å². The lowest BCUT2D eigenvalue weighted by molar-refractivity contribution is 0.100. The number of nitrogens with zero attached hydrogens (tertiary/aromatic N) is 1. The molecule has 0 amide bonds. The van der Waals surface area contributed by atoms with Gasteiger partial charge in [-0.1, -0.05) is 25.3 Å². The Bertz CT molecular complexity index is 460. The fourth-order valence-corrected chi connectivity index (χ4v) is 3.91. The molecule has 0 bridgehead atoms. The van der Waals surface area contributed by atoms with Crippen LogP contribution in [0.15, 0.2) is 18.2 Å². The van der Waals surface area contributed by atoms with Crippen molar-refractivity contribution in [3.63, 3.8) is 0 Å². The normalized spacial score (nSPS) is 21.1. The van der Waals surface area contributed by atoms with E-state index in [1.165, 1.54) is 38.2 Å². The van der Waals surface area contributed by atoms with Crippen LogP contribution in [0.2, 0.25) is 0 Å². The first-order valence-electron chi connectivity index (χ1n) is 8.19. The highest BCUT2D eigenvalue weighted by Crippen LogP contribution is 2.39. The lowest BCUT2D eigenvalue weighted by Gasteiger charge is -2.41. The molecule has 0 unspecified atom stereocenters. The molecule has 0 spiro atoms. The van der Waals surface area contributed by atoms with E-state index >= 15 is 0 Å². The standard InChI is InChI=1S/C17H25FN2O.2ClH/c18-16-12-14(21)6-7-15(16)17(13-4-2-1-3-5-13)20-10-8-19-9-11-20;;/h6-7,12-13,17,19,21H,1-5,8-11H2;2*1H/t17-;;/m0../s1. The minimum Gasteiger partial charge on any atom is -0.508 e. The van der Waals surface area contributed by atoms with Crippen molar-refractivity contribution in [3.05, 3.63) is 29.6 Å². The van der Waals surface area contributed by atoms with Gasteiger partial charge in [0.25, 0.3) is 0 Å². The SMILES string of the molecule is Cl.Cl.Oc1ccc([C@H](C2CCCCC2)N2CCNCC2)c(F)c1. The molecule has 1 aliphatic carbocycles. The summed E-state index contributed by atoms with van der Waals surface area (Å²) >= 11 is 0. The van der Waals surface area contributed by atoms with Crippen molar-refractivity contribution in [1.82, 2.24) is 10.2 Å². The molecule has 2 fully saturated rings. The van der Waals surface area contributed by atoms with Crippen molar-refractivity contribution in [3.8, 4) is 5.75 Å². The van der Waals surface area contributed by atoms with Crippen LogP contribution in [-0.4, -0.2) is 36.2 Å². The summed E-state index contributed by atoms with van der Waals surface area (Å²) in [4.78, 5) is 2.43. The van der Waals surface area contributed by atoms with Crippen LogP contribution in [0.3, 0.4) is 0 Å². The van der Waals surface area contributed by atoms with Crippen molar-refractivity contribution in [1.29, 1.82) is 0 Å². The number of hydrogen-bond donors (Lipinski definition) is 2. The number of benzene rings is 1. The Kier molecular flexibility index (Phi) is 8.62. The molecule has 2 aliphatic rings. The molecule has 1 aromatic carbocycles. The van der Waals surface area contributed by atoms with E-state index in [0.717, 1.165) is 31.7 Å². The van der Waals surface area contributed by atoms with E-state index in [1.54, 1.807) is 12.1 Å². The van der Waals surface area contributed by atoms with Gasteiger partial charge in [0.1, 0.15) is 11.6 Å². The first-order valence-corrected chi connectivity index (χ1v) is 8.19. The van der Waals surface area contributed by atoms with E-state index in [2.05, 4.69) is 10.2 Å². The van der Waals surface area contributed by atoms with Crippen LogP contribution in [0.1, 0.15) is 43.7 Å². The maximum Gasteiger partial charge on any atom is 0.131 e. The third kappa shape index (κ3) is 4.96. The first-order chi connectivity index (χ1) is 10.3. The number of halogens is 3. The highest BCUT2D eigenvalue weighted by molar-refractivity contribution is 5.85. The number of phenolic OH excluding ortho intramolecular Hbond substituents is 1. The molecule has 132 valence electrons. The molecule has 3 nitrogen and oxygen atoms in total.